The van der Waals surface area contributed by atoms with Crippen molar-refractivity contribution in [3.8, 4) is 0 Å². The van der Waals surface area contributed by atoms with E-state index in [2.05, 4.69) is 0 Å². The van der Waals surface area contributed by atoms with Gasteiger partial charge < -0.3 is 14.2 Å². The molecule has 0 spiro atoms. The first-order valence-electron chi connectivity index (χ1n) is 7.89. The van der Waals surface area contributed by atoms with E-state index < -0.39 is 36.7 Å². The molecule has 7 nitrogen and oxygen atoms in total. The first-order chi connectivity index (χ1) is 11.7. The summed E-state index contributed by atoms with van der Waals surface area (Å²) in [7, 11) is 0. The molecule has 0 amide bonds. The van der Waals surface area contributed by atoms with Crippen molar-refractivity contribution in [3.63, 3.8) is 0 Å². The van der Waals surface area contributed by atoms with E-state index in [0.717, 1.165) is 0 Å². The summed E-state index contributed by atoms with van der Waals surface area (Å²) < 4.78 is 14.8. The lowest BCUT2D eigenvalue weighted by molar-refractivity contribution is -0.176. The molecule has 2 atom stereocenters. The number of ether oxygens (including phenoxy) is 3. The summed E-state index contributed by atoms with van der Waals surface area (Å²) in [5.41, 5.74) is -1.28. The predicted octanol–water partition coefficient (Wildman–Crippen LogP) is 2.28. The van der Waals surface area contributed by atoms with Crippen LogP contribution in [0, 0.1) is 5.92 Å². The van der Waals surface area contributed by atoms with Gasteiger partial charge in [0, 0.05) is 11.3 Å². The fourth-order valence-electron chi connectivity index (χ4n) is 1.67. The highest BCUT2D eigenvalue weighted by Crippen LogP contribution is 2.21. The average molecular weight is 374 g/mol. The van der Waals surface area contributed by atoms with Crippen molar-refractivity contribution in [2.45, 2.75) is 46.1 Å². The molecule has 25 heavy (non-hydrogen) atoms. The first kappa shape index (κ1) is 23.2. The van der Waals surface area contributed by atoms with Gasteiger partial charge in [-0.3, -0.25) is 14.4 Å². The number of carbonyl (C=O) groups is 4. The van der Waals surface area contributed by atoms with Crippen molar-refractivity contribution in [1.82, 2.24) is 0 Å². The van der Waals surface area contributed by atoms with Crippen LogP contribution in [-0.2, 0) is 33.4 Å². The Morgan fingerprint density at radius 2 is 1.88 bits per heavy atom. The number of carbonyl (C=O) groups excluding carboxylic acids is 4. The van der Waals surface area contributed by atoms with Crippen LogP contribution in [-0.4, -0.2) is 48.6 Å². The number of esters is 3. The van der Waals surface area contributed by atoms with Crippen molar-refractivity contribution in [1.29, 1.82) is 0 Å². The SMILES string of the molecule is C/C=C(\C)C(=O)OC(C=O)(CC)CC(=O)OCOC(=O)C(C)CSC. The summed E-state index contributed by atoms with van der Waals surface area (Å²) >= 11 is 1.50. The molecule has 0 saturated heterocycles. The third-order valence-corrected chi connectivity index (χ3v) is 4.38. The fourth-order valence-corrected chi connectivity index (χ4v) is 2.31. The van der Waals surface area contributed by atoms with Crippen molar-refractivity contribution in [2.24, 2.45) is 5.92 Å². The van der Waals surface area contributed by atoms with Gasteiger partial charge in [-0.05, 0) is 26.5 Å². The summed E-state index contributed by atoms with van der Waals surface area (Å²) in [4.78, 5) is 46.7. The summed E-state index contributed by atoms with van der Waals surface area (Å²) in [6.07, 6.45) is 3.49. The van der Waals surface area contributed by atoms with Crippen molar-refractivity contribution in [2.75, 3.05) is 18.8 Å². The van der Waals surface area contributed by atoms with Crippen LogP contribution in [0.3, 0.4) is 0 Å². The third kappa shape index (κ3) is 8.20. The number of aldehydes is 1. The van der Waals surface area contributed by atoms with Crippen LogP contribution in [0.5, 0.6) is 0 Å². The van der Waals surface area contributed by atoms with E-state index in [1.54, 1.807) is 33.8 Å². The molecule has 8 heteroatoms. The quantitative estimate of drug-likeness (QED) is 0.235. The van der Waals surface area contributed by atoms with Crippen LogP contribution >= 0.6 is 11.8 Å². The standard InChI is InChI=1S/C17H26O7S/c1-6-12(3)16(21)24-17(7-2,10-18)8-14(19)22-11-23-15(20)13(4)9-25-5/h6,10,13H,7-9,11H2,1-5H3/b12-6+. The van der Waals surface area contributed by atoms with Gasteiger partial charge in [0.1, 0.15) is 0 Å². The van der Waals surface area contributed by atoms with Crippen molar-refractivity contribution in [3.05, 3.63) is 11.6 Å². The van der Waals surface area contributed by atoms with Gasteiger partial charge in [0.25, 0.3) is 0 Å². The first-order valence-corrected chi connectivity index (χ1v) is 9.28. The number of thioether (sulfide) groups is 1. The smallest absolute Gasteiger partial charge is 0.334 e. The Morgan fingerprint density at radius 1 is 1.24 bits per heavy atom. The van der Waals surface area contributed by atoms with E-state index in [9.17, 15) is 19.2 Å². The maximum Gasteiger partial charge on any atom is 0.334 e. The zero-order valence-electron chi connectivity index (χ0n) is 15.3. The Morgan fingerprint density at radius 3 is 2.36 bits per heavy atom. The molecule has 0 aliphatic heterocycles. The maximum atomic E-state index is 11.9. The highest BCUT2D eigenvalue weighted by atomic mass is 32.2. The second kappa shape index (κ2) is 11.7. The number of rotatable bonds is 11. The largest absolute Gasteiger partial charge is 0.447 e. The van der Waals surface area contributed by atoms with Gasteiger partial charge in [-0.15, -0.1) is 0 Å². The molecule has 0 heterocycles. The van der Waals surface area contributed by atoms with Crippen LogP contribution in [0.1, 0.15) is 40.5 Å². The molecule has 0 radical (unpaired) electrons. The summed E-state index contributed by atoms with van der Waals surface area (Å²) in [5.74, 6) is -1.68. The number of allylic oxidation sites excluding steroid dienone is 1. The Bertz CT molecular complexity index is 515. The Kier molecular flexibility index (Phi) is 10.8. The second-order valence-electron chi connectivity index (χ2n) is 5.53. The molecule has 0 aromatic rings. The van der Waals surface area contributed by atoms with Crippen LogP contribution in [0.2, 0.25) is 0 Å². The average Bonchev–Trinajstić information content (AvgIpc) is 2.60. The maximum absolute atomic E-state index is 11.9. The minimum absolute atomic E-state index is 0.110. The second-order valence-corrected chi connectivity index (χ2v) is 6.44. The van der Waals surface area contributed by atoms with Gasteiger partial charge in [-0.1, -0.05) is 19.9 Å². The predicted molar refractivity (Wildman–Crippen MR) is 93.8 cm³/mol. The lowest BCUT2D eigenvalue weighted by Gasteiger charge is -2.26. The van der Waals surface area contributed by atoms with Crippen LogP contribution < -0.4 is 0 Å². The molecule has 0 bridgehead atoms. The minimum atomic E-state index is -1.60. The van der Waals surface area contributed by atoms with E-state index in [1.165, 1.54) is 11.8 Å². The molecule has 0 N–H and O–H groups in total. The van der Waals surface area contributed by atoms with Gasteiger partial charge >= 0.3 is 17.9 Å². The molecule has 0 saturated carbocycles. The molecule has 0 aromatic carbocycles. The minimum Gasteiger partial charge on any atom is -0.447 e. The molecular weight excluding hydrogens is 348 g/mol. The van der Waals surface area contributed by atoms with Crippen LogP contribution in [0.25, 0.3) is 0 Å². The molecular formula is C17H26O7S. The van der Waals surface area contributed by atoms with Crippen LogP contribution in [0.4, 0.5) is 0 Å². The molecule has 0 aliphatic rings. The van der Waals surface area contributed by atoms with Gasteiger partial charge in [-0.25, -0.2) is 4.79 Å². The summed E-state index contributed by atoms with van der Waals surface area (Å²) in [6, 6.07) is 0. The van der Waals surface area contributed by atoms with Crippen molar-refractivity contribution < 1.29 is 33.4 Å². The fraction of sp³-hybridized carbons (Fsp3) is 0.647. The highest BCUT2D eigenvalue weighted by Gasteiger charge is 2.36. The zero-order chi connectivity index (χ0) is 19.5. The van der Waals surface area contributed by atoms with E-state index in [-0.39, 0.29) is 12.3 Å². The lowest BCUT2D eigenvalue weighted by atomic mass is 9.98. The Hall–Kier alpha value is -1.83. The monoisotopic (exact) mass is 374 g/mol. The van der Waals surface area contributed by atoms with E-state index in [4.69, 9.17) is 14.2 Å². The topological polar surface area (TPSA) is 96.0 Å². The summed E-state index contributed by atoms with van der Waals surface area (Å²) in [6.45, 7) is 5.98. The molecule has 142 valence electrons. The Labute approximate surface area is 152 Å². The number of hydrogen-bond donors (Lipinski definition) is 0. The molecule has 2 unspecified atom stereocenters. The molecule has 0 rings (SSSR count). The molecule has 0 aliphatic carbocycles. The van der Waals surface area contributed by atoms with Gasteiger partial charge in [0.15, 0.2) is 11.9 Å². The van der Waals surface area contributed by atoms with E-state index in [0.29, 0.717) is 17.6 Å². The third-order valence-electron chi connectivity index (χ3n) is 3.55. The van der Waals surface area contributed by atoms with Gasteiger partial charge in [0.05, 0.1) is 12.3 Å². The number of hydrogen-bond acceptors (Lipinski definition) is 8. The molecule has 0 fully saturated rings. The highest BCUT2D eigenvalue weighted by molar-refractivity contribution is 7.98. The normalized spacial score (nSPS) is 14.8. The van der Waals surface area contributed by atoms with Crippen LogP contribution in [0.15, 0.2) is 11.6 Å². The van der Waals surface area contributed by atoms with Gasteiger partial charge in [0.2, 0.25) is 6.79 Å². The lowest BCUT2D eigenvalue weighted by Crippen LogP contribution is -2.39. The van der Waals surface area contributed by atoms with Gasteiger partial charge in [-0.2, -0.15) is 11.8 Å². The van der Waals surface area contributed by atoms with Crippen molar-refractivity contribution >= 4 is 36.0 Å². The zero-order valence-corrected chi connectivity index (χ0v) is 16.1. The van der Waals surface area contributed by atoms with E-state index in [1.807, 2.05) is 6.26 Å². The molecule has 0 aromatic heterocycles. The summed E-state index contributed by atoms with van der Waals surface area (Å²) in [5, 5.41) is 0. The van der Waals surface area contributed by atoms with E-state index >= 15 is 0 Å². The Balaban J connectivity index is 4.62.